The van der Waals surface area contributed by atoms with E-state index in [0.29, 0.717) is 12.8 Å². The largest absolute Gasteiger partial charge is 0.394 e. The van der Waals surface area contributed by atoms with Crippen molar-refractivity contribution in [3.05, 3.63) is 170 Å². The van der Waals surface area contributed by atoms with Gasteiger partial charge in [-0.2, -0.15) is 0 Å². The molecule has 0 aromatic rings. The quantitative estimate of drug-likeness (QED) is 0.0261. The van der Waals surface area contributed by atoms with Gasteiger partial charge in [0, 0.05) is 6.42 Å². The van der Waals surface area contributed by atoms with Crippen LogP contribution < -0.4 is 5.32 Å². The predicted octanol–water partition coefficient (Wildman–Crippen LogP) is 15.0. The number of nitrogens with one attached hydrogen (secondary N) is 1. The van der Waals surface area contributed by atoms with Gasteiger partial charge in [0.15, 0.2) is 6.29 Å². The summed E-state index contributed by atoms with van der Waals surface area (Å²) in [6, 6.07) is -0.847. The Morgan fingerprint density at radius 1 is 0.461 bits per heavy atom. The van der Waals surface area contributed by atoms with Crippen LogP contribution in [0.3, 0.4) is 0 Å². The van der Waals surface area contributed by atoms with Crippen molar-refractivity contribution >= 4 is 5.91 Å². The zero-order valence-corrected chi connectivity index (χ0v) is 47.2. The molecule has 1 aliphatic rings. The molecule has 1 fully saturated rings. The Kier molecular flexibility index (Phi) is 49.4. The third-order valence-electron chi connectivity index (χ3n) is 12.5. The molecular formula is C67H105NO8. The van der Waals surface area contributed by atoms with Crippen LogP contribution in [-0.4, -0.2) is 87.5 Å². The average Bonchev–Trinajstić information content (AvgIpc) is 3.42. The summed E-state index contributed by atoms with van der Waals surface area (Å²) < 4.78 is 11.2. The fourth-order valence-electron chi connectivity index (χ4n) is 7.92. The van der Waals surface area contributed by atoms with E-state index in [1.165, 1.54) is 38.5 Å². The summed E-state index contributed by atoms with van der Waals surface area (Å²) in [4.78, 5) is 13.0. The molecule has 1 amide bonds. The van der Waals surface area contributed by atoms with E-state index in [4.69, 9.17) is 9.47 Å². The molecule has 6 N–H and O–H groups in total. The Hall–Kier alpha value is -4.45. The first-order valence-corrected chi connectivity index (χ1v) is 29.4. The molecule has 9 heteroatoms. The maximum absolute atomic E-state index is 13.0. The zero-order valence-electron chi connectivity index (χ0n) is 47.2. The van der Waals surface area contributed by atoms with E-state index in [9.17, 15) is 30.3 Å². The lowest BCUT2D eigenvalue weighted by Gasteiger charge is -2.40. The number of rotatable bonds is 47. The molecule has 0 aromatic heterocycles. The van der Waals surface area contributed by atoms with E-state index >= 15 is 0 Å². The van der Waals surface area contributed by atoms with Gasteiger partial charge in [0.1, 0.15) is 24.4 Å². The van der Waals surface area contributed by atoms with Gasteiger partial charge < -0.3 is 40.3 Å². The van der Waals surface area contributed by atoms with Gasteiger partial charge in [-0.25, -0.2) is 0 Å². The number of aliphatic hydroxyl groups excluding tert-OH is 5. The van der Waals surface area contributed by atoms with Crippen molar-refractivity contribution in [2.75, 3.05) is 13.2 Å². The second-order valence-corrected chi connectivity index (χ2v) is 19.3. The number of ether oxygens (including phenoxy) is 2. The van der Waals surface area contributed by atoms with Crippen LogP contribution in [0, 0.1) is 0 Å². The molecule has 0 bridgehead atoms. The van der Waals surface area contributed by atoms with Crippen LogP contribution in [0.4, 0.5) is 0 Å². The molecule has 0 aliphatic carbocycles. The maximum Gasteiger partial charge on any atom is 0.220 e. The van der Waals surface area contributed by atoms with Crippen molar-refractivity contribution < 1.29 is 39.8 Å². The standard InChI is InChI=1S/C67H105NO8/c1-3-5-7-9-11-13-15-17-18-19-20-21-22-23-24-25-26-27-28-29-30-31-32-33-34-35-36-37-38-39-40-41-42-43-44-45-47-49-51-53-55-57-63(71)68-60(59-75-67-66(74)65(73)64(72)62(58-69)76-67)61(70)56-54-52-50-48-46-16-14-12-10-8-6-4-2/h5,7,11,13,17-18,20-21,23-24,26-27,29-30,32-33,35-36,38-39,41-42,44-46,48,54,56,60-62,64-67,69-70,72-74H,3-4,6,8-10,12,14-16,19,22,25,28,31,34,37,40,43,47,49-53,55,57-59H2,1-2H3,(H,68,71)/b7-5-,13-11-,18-17-,21-20-,24-23-,27-26-,30-29-,33-32-,36-35-,39-38-,42-41-,45-44-,48-46+,56-54+. The summed E-state index contributed by atoms with van der Waals surface area (Å²) in [5, 5.41) is 54.3. The Balaban J connectivity index is 2.20. The number of hydrogen-bond donors (Lipinski definition) is 6. The number of allylic oxidation sites excluding steroid dienone is 27. The minimum Gasteiger partial charge on any atom is -0.394 e. The molecule has 0 spiro atoms. The highest BCUT2D eigenvalue weighted by Gasteiger charge is 2.44. The minimum absolute atomic E-state index is 0.221. The lowest BCUT2D eigenvalue weighted by atomic mass is 9.99. The van der Waals surface area contributed by atoms with Crippen LogP contribution in [0.25, 0.3) is 0 Å². The Morgan fingerprint density at radius 2 is 0.829 bits per heavy atom. The number of unbranched alkanes of at least 4 members (excludes halogenated alkanes) is 11. The first-order chi connectivity index (χ1) is 37.3. The summed E-state index contributed by atoms with van der Waals surface area (Å²) in [6.45, 7) is 3.58. The van der Waals surface area contributed by atoms with E-state index in [1.807, 2.05) is 6.08 Å². The van der Waals surface area contributed by atoms with E-state index in [0.717, 1.165) is 122 Å². The Labute approximate surface area is 462 Å². The molecule has 1 saturated heterocycles. The highest BCUT2D eigenvalue weighted by atomic mass is 16.7. The molecule has 1 heterocycles. The molecule has 76 heavy (non-hydrogen) atoms. The van der Waals surface area contributed by atoms with Crippen molar-refractivity contribution in [2.45, 2.75) is 230 Å². The van der Waals surface area contributed by atoms with Gasteiger partial charge >= 0.3 is 0 Å². The average molecular weight is 1050 g/mol. The molecule has 7 atom stereocenters. The monoisotopic (exact) mass is 1050 g/mol. The van der Waals surface area contributed by atoms with Gasteiger partial charge in [-0.1, -0.05) is 229 Å². The second-order valence-electron chi connectivity index (χ2n) is 19.3. The predicted molar refractivity (Wildman–Crippen MR) is 322 cm³/mol. The summed E-state index contributed by atoms with van der Waals surface area (Å²) in [5.41, 5.74) is 0. The Bertz CT molecular complexity index is 1790. The third-order valence-corrected chi connectivity index (χ3v) is 12.5. The van der Waals surface area contributed by atoms with Crippen molar-refractivity contribution in [1.29, 1.82) is 0 Å². The van der Waals surface area contributed by atoms with E-state index in [1.54, 1.807) is 6.08 Å². The molecule has 426 valence electrons. The van der Waals surface area contributed by atoms with Gasteiger partial charge in [0.05, 0.1) is 25.4 Å². The minimum atomic E-state index is -1.59. The lowest BCUT2D eigenvalue weighted by Crippen LogP contribution is -2.60. The summed E-state index contributed by atoms with van der Waals surface area (Å²) >= 11 is 0. The van der Waals surface area contributed by atoms with Crippen molar-refractivity contribution in [1.82, 2.24) is 5.32 Å². The molecule has 7 unspecified atom stereocenters. The number of hydrogen-bond acceptors (Lipinski definition) is 8. The molecule has 9 nitrogen and oxygen atoms in total. The first kappa shape index (κ1) is 69.6. The Morgan fingerprint density at radius 3 is 1.26 bits per heavy atom. The fraction of sp³-hybridized carbons (Fsp3) is 0.567. The highest BCUT2D eigenvalue weighted by molar-refractivity contribution is 5.76. The molecule has 0 saturated carbocycles. The van der Waals surface area contributed by atoms with Crippen LogP contribution >= 0.6 is 0 Å². The van der Waals surface area contributed by atoms with Gasteiger partial charge in [-0.05, 0) is 122 Å². The molecular weight excluding hydrogens is 947 g/mol. The highest BCUT2D eigenvalue weighted by Crippen LogP contribution is 2.22. The molecule has 0 aromatic carbocycles. The molecule has 1 aliphatic heterocycles. The first-order valence-electron chi connectivity index (χ1n) is 29.4. The van der Waals surface area contributed by atoms with Crippen molar-refractivity contribution in [3.8, 4) is 0 Å². The summed E-state index contributed by atoms with van der Waals surface area (Å²) in [7, 11) is 0. The van der Waals surface area contributed by atoms with Crippen LogP contribution in [0.15, 0.2) is 170 Å². The third kappa shape index (κ3) is 42.6. The van der Waals surface area contributed by atoms with Gasteiger partial charge in [-0.15, -0.1) is 0 Å². The number of amides is 1. The van der Waals surface area contributed by atoms with Crippen molar-refractivity contribution in [2.24, 2.45) is 0 Å². The van der Waals surface area contributed by atoms with Crippen LogP contribution in [0.5, 0.6) is 0 Å². The van der Waals surface area contributed by atoms with E-state index < -0.39 is 49.5 Å². The van der Waals surface area contributed by atoms with E-state index in [2.05, 4.69) is 177 Å². The van der Waals surface area contributed by atoms with Gasteiger partial charge in [0.2, 0.25) is 5.91 Å². The number of carbonyl (C=O) groups is 1. The van der Waals surface area contributed by atoms with Gasteiger partial charge in [-0.3, -0.25) is 4.79 Å². The van der Waals surface area contributed by atoms with Gasteiger partial charge in [0.25, 0.3) is 0 Å². The van der Waals surface area contributed by atoms with Crippen LogP contribution in [0.1, 0.15) is 187 Å². The number of carbonyl (C=O) groups excluding carboxylic acids is 1. The SMILES string of the molecule is CC/C=C\C/C=C\C/C=C\C/C=C\C/C=C\C/C=C\C/C=C\C/C=C\C/C=C\C/C=C\C/C=C\C/C=C\CCCCCCC(=O)NC(COC1OC(CO)C(O)C(O)C1O)C(O)/C=C/CC/C=C/CCCCCCCC. The summed E-state index contributed by atoms with van der Waals surface area (Å²) in [6.07, 6.45) is 80.0. The van der Waals surface area contributed by atoms with E-state index in [-0.39, 0.29) is 12.5 Å². The topological polar surface area (TPSA) is 149 Å². The van der Waals surface area contributed by atoms with Crippen molar-refractivity contribution in [3.63, 3.8) is 0 Å². The molecule has 1 rings (SSSR count). The maximum atomic E-state index is 13.0. The second kappa shape index (κ2) is 53.9. The normalized spacial score (nSPS) is 20.1. The lowest BCUT2D eigenvalue weighted by molar-refractivity contribution is -0.302. The summed E-state index contributed by atoms with van der Waals surface area (Å²) in [5.74, 6) is -0.221. The number of aliphatic hydroxyl groups is 5. The molecule has 0 radical (unpaired) electrons. The van der Waals surface area contributed by atoms with Crippen LogP contribution in [0.2, 0.25) is 0 Å². The zero-order chi connectivity index (χ0) is 55.0. The fourth-order valence-corrected chi connectivity index (χ4v) is 7.92. The van der Waals surface area contributed by atoms with Crippen LogP contribution in [-0.2, 0) is 14.3 Å². The smallest absolute Gasteiger partial charge is 0.220 e.